The third-order valence-corrected chi connectivity index (χ3v) is 5.90. The van der Waals surface area contributed by atoms with Crippen LogP contribution in [-0.4, -0.2) is 47.5 Å². The van der Waals surface area contributed by atoms with Gasteiger partial charge >= 0.3 is 5.97 Å². The number of ether oxygens (including phenoxy) is 2. The third-order valence-electron chi connectivity index (χ3n) is 5.03. The number of rotatable bonds is 9. The van der Waals surface area contributed by atoms with E-state index < -0.39 is 5.97 Å². The predicted molar refractivity (Wildman–Crippen MR) is 123 cm³/mol. The largest absolute Gasteiger partial charge is 0.452 e. The summed E-state index contributed by atoms with van der Waals surface area (Å²) in [6.45, 7) is 1.48. The van der Waals surface area contributed by atoms with Gasteiger partial charge in [0.05, 0.1) is 17.5 Å². The highest BCUT2D eigenvalue weighted by atomic mass is 32.1. The molecule has 0 saturated carbocycles. The van der Waals surface area contributed by atoms with Crippen LogP contribution in [0, 0.1) is 0 Å². The van der Waals surface area contributed by atoms with Crippen LogP contribution in [0.3, 0.4) is 0 Å². The van der Waals surface area contributed by atoms with Gasteiger partial charge in [0, 0.05) is 31.0 Å². The maximum Gasteiger partial charge on any atom is 0.331 e. The van der Waals surface area contributed by atoms with Crippen molar-refractivity contribution in [2.45, 2.75) is 25.5 Å². The van der Waals surface area contributed by atoms with Crippen molar-refractivity contribution in [3.63, 3.8) is 0 Å². The van der Waals surface area contributed by atoms with Gasteiger partial charge in [0.15, 0.2) is 6.61 Å². The maximum atomic E-state index is 12.1. The van der Waals surface area contributed by atoms with Crippen molar-refractivity contribution in [3.8, 4) is 10.6 Å². The summed E-state index contributed by atoms with van der Waals surface area (Å²) in [6.07, 6.45) is 6.91. The van der Waals surface area contributed by atoms with Gasteiger partial charge in [0.25, 0.3) is 5.91 Å². The Labute approximate surface area is 190 Å². The number of carbonyl (C=O) groups excluding carboxylic acids is 2. The number of nitrogens with zero attached hydrogens (tertiary/aromatic N) is 2. The van der Waals surface area contributed by atoms with Gasteiger partial charge in [-0.3, -0.25) is 9.48 Å². The van der Waals surface area contributed by atoms with Crippen molar-refractivity contribution in [2.75, 3.05) is 19.8 Å². The minimum Gasteiger partial charge on any atom is -0.452 e. The van der Waals surface area contributed by atoms with Gasteiger partial charge < -0.3 is 14.8 Å². The minimum atomic E-state index is -0.579. The first-order valence-electron chi connectivity index (χ1n) is 10.6. The number of carbonyl (C=O) groups is 2. The van der Waals surface area contributed by atoms with E-state index in [1.54, 1.807) is 17.4 Å². The van der Waals surface area contributed by atoms with E-state index in [1.807, 2.05) is 58.7 Å². The molecule has 1 fully saturated rings. The fraction of sp³-hybridized carbons (Fsp3) is 0.292. The standard InChI is InChI=1S/C24H25N3O4S/c28-22(25-14-20-8-4-12-30-20)17-31-23(29)11-10-19-16-27(15-18-6-2-1-3-7-18)26-24(19)21-9-5-13-32-21/h1-3,5-7,9-11,13,16,20H,4,8,12,14-15,17H2,(H,25,28)/b11-10+. The highest BCUT2D eigenvalue weighted by Gasteiger charge is 2.16. The Morgan fingerprint density at radius 3 is 2.88 bits per heavy atom. The van der Waals surface area contributed by atoms with E-state index in [1.165, 1.54) is 6.08 Å². The minimum absolute atomic E-state index is 0.0534. The topological polar surface area (TPSA) is 82.5 Å². The Bertz CT molecular complexity index is 1050. The number of hydrogen-bond donors (Lipinski definition) is 1. The summed E-state index contributed by atoms with van der Waals surface area (Å²) >= 11 is 1.58. The fourth-order valence-corrected chi connectivity index (χ4v) is 4.17. The van der Waals surface area contributed by atoms with Crippen LogP contribution >= 0.6 is 11.3 Å². The number of benzene rings is 1. The molecule has 0 bridgehead atoms. The highest BCUT2D eigenvalue weighted by Crippen LogP contribution is 2.27. The molecule has 1 saturated heterocycles. The van der Waals surface area contributed by atoms with Crippen LogP contribution in [0.4, 0.5) is 0 Å². The monoisotopic (exact) mass is 451 g/mol. The molecular formula is C24H25N3O4S. The number of thiophene rings is 1. The molecule has 4 rings (SSSR count). The highest BCUT2D eigenvalue weighted by molar-refractivity contribution is 7.13. The summed E-state index contributed by atoms with van der Waals surface area (Å²) in [5.41, 5.74) is 2.74. The van der Waals surface area contributed by atoms with Crippen LogP contribution in [-0.2, 0) is 25.6 Å². The number of hydrogen-bond acceptors (Lipinski definition) is 6. The molecule has 166 valence electrons. The number of nitrogens with one attached hydrogen (secondary N) is 1. The summed E-state index contributed by atoms with van der Waals surface area (Å²) in [7, 11) is 0. The molecule has 1 N–H and O–H groups in total. The van der Waals surface area contributed by atoms with Crippen LogP contribution in [0.5, 0.6) is 0 Å². The zero-order valence-corrected chi connectivity index (χ0v) is 18.4. The summed E-state index contributed by atoms with van der Waals surface area (Å²) in [5, 5.41) is 9.43. The number of amides is 1. The molecule has 1 amide bonds. The summed E-state index contributed by atoms with van der Waals surface area (Å²) < 4.78 is 12.4. The lowest BCUT2D eigenvalue weighted by Crippen LogP contribution is -2.34. The van der Waals surface area contributed by atoms with Crippen molar-refractivity contribution < 1.29 is 19.1 Å². The van der Waals surface area contributed by atoms with E-state index in [4.69, 9.17) is 14.6 Å². The van der Waals surface area contributed by atoms with Gasteiger partial charge in [-0.2, -0.15) is 5.10 Å². The zero-order chi connectivity index (χ0) is 22.2. The van der Waals surface area contributed by atoms with Crippen LogP contribution in [0.25, 0.3) is 16.6 Å². The molecule has 1 aliphatic heterocycles. The molecule has 1 unspecified atom stereocenters. The van der Waals surface area contributed by atoms with Gasteiger partial charge in [0.1, 0.15) is 5.69 Å². The average molecular weight is 452 g/mol. The first kappa shape index (κ1) is 22.0. The van der Waals surface area contributed by atoms with Gasteiger partial charge in [0.2, 0.25) is 0 Å². The first-order chi connectivity index (χ1) is 15.7. The van der Waals surface area contributed by atoms with Crippen LogP contribution < -0.4 is 5.32 Å². The SMILES string of the molecule is O=C(COC(=O)/C=C/c1cn(Cc2ccccc2)nc1-c1cccs1)NCC1CCCO1. The molecule has 1 aromatic carbocycles. The third kappa shape index (κ3) is 6.15. The molecule has 3 heterocycles. The fourth-order valence-electron chi connectivity index (χ4n) is 3.44. The summed E-state index contributed by atoms with van der Waals surface area (Å²) in [4.78, 5) is 25.0. The molecule has 2 aromatic heterocycles. The molecule has 3 aromatic rings. The Morgan fingerprint density at radius 1 is 1.25 bits per heavy atom. The van der Waals surface area contributed by atoms with Gasteiger partial charge in [-0.1, -0.05) is 36.4 Å². The quantitative estimate of drug-likeness (QED) is 0.398. The lowest BCUT2D eigenvalue weighted by atomic mass is 10.2. The lowest BCUT2D eigenvalue weighted by molar-refractivity contribution is -0.143. The Morgan fingerprint density at radius 2 is 2.12 bits per heavy atom. The molecule has 1 atom stereocenters. The Kier molecular flexibility index (Phi) is 7.47. The van der Waals surface area contributed by atoms with Gasteiger partial charge in [-0.15, -0.1) is 11.3 Å². The molecule has 7 nitrogen and oxygen atoms in total. The van der Waals surface area contributed by atoms with Crippen molar-refractivity contribution >= 4 is 29.3 Å². The van der Waals surface area contributed by atoms with Crippen LogP contribution in [0.15, 0.2) is 60.1 Å². The molecule has 0 radical (unpaired) electrons. The predicted octanol–water partition coefficient (Wildman–Crippen LogP) is 3.51. The second-order valence-electron chi connectivity index (χ2n) is 7.47. The van der Waals surface area contributed by atoms with Gasteiger partial charge in [-0.25, -0.2) is 4.79 Å². The van der Waals surface area contributed by atoms with Gasteiger partial charge in [-0.05, 0) is 35.9 Å². The van der Waals surface area contributed by atoms with Crippen molar-refractivity contribution in [1.82, 2.24) is 15.1 Å². The lowest BCUT2D eigenvalue weighted by Gasteiger charge is -2.10. The molecule has 8 heteroatoms. The Hall–Kier alpha value is -3.23. The Balaban J connectivity index is 1.36. The average Bonchev–Trinajstić information content (AvgIpc) is 3.57. The zero-order valence-electron chi connectivity index (χ0n) is 17.6. The maximum absolute atomic E-state index is 12.1. The molecular weight excluding hydrogens is 426 g/mol. The molecule has 32 heavy (non-hydrogen) atoms. The first-order valence-corrected chi connectivity index (χ1v) is 11.4. The van der Waals surface area contributed by atoms with E-state index in [9.17, 15) is 9.59 Å². The van der Waals surface area contributed by atoms with E-state index in [0.717, 1.165) is 41.1 Å². The van der Waals surface area contributed by atoms with E-state index in [-0.39, 0.29) is 18.6 Å². The normalized spacial score (nSPS) is 15.8. The van der Waals surface area contributed by atoms with Crippen LogP contribution in [0.1, 0.15) is 24.0 Å². The number of aromatic nitrogens is 2. The smallest absolute Gasteiger partial charge is 0.331 e. The second-order valence-corrected chi connectivity index (χ2v) is 8.42. The number of esters is 1. The van der Waals surface area contributed by atoms with E-state index in [0.29, 0.717) is 13.1 Å². The van der Waals surface area contributed by atoms with E-state index >= 15 is 0 Å². The van der Waals surface area contributed by atoms with Crippen LogP contribution in [0.2, 0.25) is 0 Å². The molecule has 0 spiro atoms. The summed E-state index contributed by atoms with van der Waals surface area (Å²) in [6, 6.07) is 14.0. The second kappa shape index (κ2) is 10.9. The molecule has 1 aliphatic rings. The van der Waals surface area contributed by atoms with Crippen molar-refractivity contribution in [2.24, 2.45) is 0 Å². The van der Waals surface area contributed by atoms with E-state index in [2.05, 4.69) is 5.32 Å². The summed E-state index contributed by atoms with van der Waals surface area (Å²) in [5.74, 6) is -0.914. The van der Waals surface area contributed by atoms with Crippen molar-refractivity contribution in [1.29, 1.82) is 0 Å². The molecule has 0 aliphatic carbocycles. The van der Waals surface area contributed by atoms with Crippen molar-refractivity contribution in [3.05, 3.63) is 71.2 Å².